The number of anilines is 2. The van der Waals surface area contributed by atoms with Crippen molar-refractivity contribution in [1.82, 2.24) is 4.90 Å². The zero-order valence-electron chi connectivity index (χ0n) is 10.5. The van der Waals surface area contributed by atoms with Gasteiger partial charge in [-0.2, -0.15) is 0 Å². The quantitative estimate of drug-likeness (QED) is 0.822. The van der Waals surface area contributed by atoms with E-state index >= 15 is 0 Å². The number of halogens is 1. The van der Waals surface area contributed by atoms with E-state index in [9.17, 15) is 0 Å². The second-order valence-corrected chi connectivity index (χ2v) is 4.99. The Balaban J connectivity index is 2.16. The summed E-state index contributed by atoms with van der Waals surface area (Å²) in [7, 11) is 0. The summed E-state index contributed by atoms with van der Waals surface area (Å²) >= 11 is 6.27. The number of likely N-dealkylation sites (N-methyl/N-ethyl adjacent to an activating group) is 1. The Morgan fingerprint density at radius 1 is 1.24 bits per heavy atom. The molecule has 0 spiro atoms. The van der Waals surface area contributed by atoms with E-state index in [1.165, 1.54) is 0 Å². The van der Waals surface area contributed by atoms with E-state index in [2.05, 4.69) is 22.8 Å². The van der Waals surface area contributed by atoms with Gasteiger partial charge in [0.05, 0.1) is 10.7 Å². The molecule has 0 amide bonds. The molecule has 3 nitrogen and oxygen atoms in total. The summed E-state index contributed by atoms with van der Waals surface area (Å²) in [6.07, 6.45) is 0. The van der Waals surface area contributed by atoms with E-state index in [-0.39, 0.29) is 0 Å². The summed E-state index contributed by atoms with van der Waals surface area (Å²) in [6.45, 7) is 9.65. The Bertz CT molecular complexity index is 398. The molecule has 0 aromatic heterocycles. The number of piperazine rings is 1. The van der Waals surface area contributed by atoms with Gasteiger partial charge in [-0.3, -0.25) is 0 Å². The largest absolute Gasteiger partial charge is 0.398 e. The van der Waals surface area contributed by atoms with E-state index < -0.39 is 0 Å². The Morgan fingerprint density at radius 2 is 1.88 bits per heavy atom. The van der Waals surface area contributed by atoms with E-state index in [1.807, 2.05) is 13.0 Å². The number of rotatable bonds is 2. The van der Waals surface area contributed by atoms with Gasteiger partial charge in [-0.15, -0.1) is 0 Å². The van der Waals surface area contributed by atoms with Gasteiger partial charge in [0.1, 0.15) is 0 Å². The molecule has 0 radical (unpaired) electrons. The summed E-state index contributed by atoms with van der Waals surface area (Å²) < 4.78 is 0. The topological polar surface area (TPSA) is 32.5 Å². The lowest BCUT2D eigenvalue weighted by atomic mass is 10.1. The maximum atomic E-state index is 6.27. The van der Waals surface area contributed by atoms with Crippen LogP contribution in [0.25, 0.3) is 0 Å². The van der Waals surface area contributed by atoms with Crippen molar-refractivity contribution in [3.63, 3.8) is 0 Å². The van der Waals surface area contributed by atoms with Gasteiger partial charge in [-0.05, 0) is 31.2 Å². The maximum Gasteiger partial charge on any atom is 0.0660 e. The molecule has 0 unspecified atom stereocenters. The lowest BCUT2D eigenvalue weighted by Crippen LogP contribution is -2.46. The van der Waals surface area contributed by atoms with Crippen LogP contribution in [0.2, 0.25) is 5.02 Å². The summed E-state index contributed by atoms with van der Waals surface area (Å²) in [6, 6.07) is 3.96. The van der Waals surface area contributed by atoms with Crippen LogP contribution in [-0.2, 0) is 0 Å². The van der Waals surface area contributed by atoms with E-state index in [0.717, 1.165) is 54.7 Å². The van der Waals surface area contributed by atoms with Gasteiger partial charge in [-0.25, -0.2) is 0 Å². The molecule has 1 heterocycles. The second-order valence-electron chi connectivity index (χ2n) is 4.58. The van der Waals surface area contributed by atoms with Crippen molar-refractivity contribution in [1.29, 1.82) is 0 Å². The van der Waals surface area contributed by atoms with Crippen LogP contribution in [0.5, 0.6) is 0 Å². The molecule has 0 bridgehead atoms. The maximum absolute atomic E-state index is 6.27. The molecule has 1 aliphatic rings. The first-order valence-electron chi connectivity index (χ1n) is 6.14. The van der Waals surface area contributed by atoms with Gasteiger partial charge in [-0.1, -0.05) is 18.5 Å². The van der Waals surface area contributed by atoms with Crippen LogP contribution in [0.15, 0.2) is 12.1 Å². The van der Waals surface area contributed by atoms with Crippen molar-refractivity contribution in [2.45, 2.75) is 13.8 Å². The molecule has 94 valence electrons. The zero-order chi connectivity index (χ0) is 12.4. The third kappa shape index (κ3) is 2.67. The van der Waals surface area contributed by atoms with Gasteiger partial charge in [0.25, 0.3) is 0 Å². The van der Waals surface area contributed by atoms with Crippen molar-refractivity contribution in [3.05, 3.63) is 22.7 Å². The number of nitrogen functional groups attached to an aromatic ring is 1. The van der Waals surface area contributed by atoms with Crippen LogP contribution in [0.1, 0.15) is 12.5 Å². The highest BCUT2D eigenvalue weighted by molar-refractivity contribution is 6.33. The van der Waals surface area contributed by atoms with Crippen molar-refractivity contribution in [3.8, 4) is 0 Å². The summed E-state index contributed by atoms with van der Waals surface area (Å²) in [5.74, 6) is 0. The molecule has 2 rings (SSSR count). The first-order chi connectivity index (χ1) is 8.11. The van der Waals surface area contributed by atoms with Crippen molar-refractivity contribution >= 4 is 23.0 Å². The molecule has 1 aromatic rings. The third-order valence-electron chi connectivity index (χ3n) is 3.50. The van der Waals surface area contributed by atoms with Gasteiger partial charge < -0.3 is 15.5 Å². The van der Waals surface area contributed by atoms with Crippen LogP contribution in [0.4, 0.5) is 11.4 Å². The Hall–Kier alpha value is -0.930. The van der Waals surface area contributed by atoms with Crippen molar-refractivity contribution in [2.75, 3.05) is 43.4 Å². The molecular weight excluding hydrogens is 234 g/mol. The smallest absolute Gasteiger partial charge is 0.0660 e. The first-order valence-corrected chi connectivity index (χ1v) is 6.52. The molecule has 1 aromatic carbocycles. The molecule has 4 heteroatoms. The Kier molecular flexibility index (Phi) is 3.79. The minimum Gasteiger partial charge on any atom is -0.398 e. The fourth-order valence-electron chi connectivity index (χ4n) is 2.23. The van der Waals surface area contributed by atoms with Crippen molar-refractivity contribution in [2.24, 2.45) is 0 Å². The van der Waals surface area contributed by atoms with Crippen LogP contribution < -0.4 is 10.6 Å². The van der Waals surface area contributed by atoms with E-state index in [1.54, 1.807) is 0 Å². The van der Waals surface area contributed by atoms with Crippen molar-refractivity contribution < 1.29 is 0 Å². The molecule has 2 N–H and O–H groups in total. The van der Waals surface area contributed by atoms with Crippen LogP contribution in [0, 0.1) is 6.92 Å². The van der Waals surface area contributed by atoms with Crippen LogP contribution in [-0.4, -0.2) is 37.6 Å². The predicted molar refractivity (Wildman–Crippen MR) is 74.9 cm³/mol. The monoisotopic (exact) mass is 253 g/mol. The molecule has 1 aliphatic heterocycles. The highest BCUT2D eigenvalue weighted by Crippen LogP contribution is 2.31. The minimum absolute atomic E-state index is 0.762. The lowest BCUT2D eigenvalue weighted by Gasteiger charge is -2.36. The molecule has 0 aliphatic carbocycles. The number of hydrogen-bond acceptors (Lipinski definition) is 3. The van der Waals surface area contributed by atoms with Crippen LogP contribution in [0.3, 0.4) is 0 Å². The van der Waals surface area contributed by atoms with Gasteiger partial charge in [0.15, 0.2) is 0 Å². The number of benzene rings is 1. The molecular formula is C13H20ClN3. The number of nitrogens with zero attached hydrogens (tertiary/aromatic N) is 2. The molecule has 0 atom stereocenters. The van der Waals surface area contributed by atoms with E-state index in [0.29, 0.717) is 0 Å². The standard InChI is InChI=1S/C13H20ClN3/c1-3-16-4-6-17(7-5-16)13-8-10(2)12(15)9-11(13)14/h8-9H,3-7,15H2,1-2H3. The molecule has 1 saturated heterocycles. The van der Waals surface area contributed by atoms with Crippen LogP contribution >= 0.6 is 11.6 Å². The number of hydrogen-bond donors (Lipinski definition) is 1. The normalized spacial score (nSPS) is 17.5. The number of nitrogens with two attached hydrogens (primary N) is 1. The third-order valence-corrected chi connectivity index (χ3v) is 3.80. The van der Waals surface area contributed by atoms with E-state index in [4.69, 9.17) is 17.3 Å². The average Bonchev–Trinajstić information content (AvgIpc) is 2.34. The zero-order valence-corrected chi connectivity index (χ0v) is 11.3. The average molecular weight is 254 g/mol. The minimum atomic E-state index is 0.762. The van der Waals surface area contributed by atoms with Gasteiger partial charge in [0.2, 0.25) is 0 Å². The molecule has 1 fully saturated rings. The summed E-state index contributed by atoms with van der Waals surface area (Å²) in [5, 5.41) is 0.762. The fraction of sp³-hybridized carbons (Fsp3) is 0.538. The predicted octanol–water partition coefficient (Wildman–Crippen LogP) is 2.37. The number of aryl methyl sites for hydroxylation is 1. The molecule has 0 saturated carbocycles. The van der Waals surface area contributed by atoms with Gasteiger partial charge >= 0.3 is 0 Å². The first kappa shape index (κ1) is 12.5. The SMILES string of the molecule is CCN1CCN(c2cc(C)c(N)cc2Cl)CC1. The lowest BCUT2D eigenvalue weighted by molar-refractivity contribution is 0.271. The highest BCUT2D eigenvalue weighted by Gasteiger charge is 2.18. The fourth-order valence-corrected chi connectivity index (χ4v) is 2.52. The molecule has 17 heavy (non-hydrogen) atoms. The Labute approximate surface area is 108 Å². The van der Waals surface area contributed by atoms with Gasteiger partial charge in [0, 0.05) is 31.9 Å². The summed E-state index contributed by atoms with van der Waals surface area (Å²) in [4.78, 5) is 4.80. The second kappa shape index (κ2) is 5.15. The highest BCUT2D eigenvalue weighted by atomic mass is 35.5. The summed E-state index contributed by atoms with van der Waals surface area (Å²) in [5.41, 5.74) is 8.84. The Morgan fingerprint density at radius 3 is 2.47 bits per heavy atom.